The Morgan fingerprint density at radius 2 is 1.69 bits per heavy atom. The molecular formula is C12H26N4. The van der Waals surface area contributed by atoms with E-state index < -0.39 is 0 Å². The second-order valence-electron chi connectivity index (χ2n) is 5.35. The van der Waals surface area contributed by atoms with E-state index in [0.717, 1.165) is 6.54 Å². The molecular weight excluding hydrogens is 200 g/mol. The number of likely N-dealkylation sites (N-methyl/N-ethyl adjacent to an activating group) is 1. The van der Waals surface area contributed by atoms with Crippen LogP contribution in [0.5, 0.6) is 0 Å². The Balaban J connectivity index is 1.54. The number of piperazine rings is 1. The minimum Gasteiger partial charge on any atom is -0.326 e. The fourth-order valence-corrected chi connectivity index (χ4v) is 2.66. The van der Waals surface area contributed by atoms with Crippen LogP contribution in [-0.4, -0.2) is 80.1 Å². The Labute approximate surface area is 99.4 Å². The molecule has 2 saturated heterocycles. The third kappa shape index (κ3) is 3.70. The quantitative estimate of drug-likeness (QED) is 0.711. The first-order chi connectivity index (χ1) is 7.74. The molecule has 1 unspecified atom stereocenters. The van der Waals surface area contributed by atoms with Gasteiger partial charge < -0.3 is 20.4 Å². The van der Waals surface area contributed by atoms with Crippen molar-refractivity contribution in [3.05, 3.63) is 0 Å². The average Bonchev–Trinajstić information content (AvgIpc) is 2.67. The first-order valence-electron chi connectivity index (χ1n) is 6.63. The van der Waals surface area contributed by atoms with Gasteiger partial charge in [0, 0.05) is 38.8 Å². The van der Waals surface area contributed by atoms with Crippen LogP contribution in [0.1, 0.15) is 12.8 Å². The van der Waals surface area contributed by atoms with Gasteiger partial charge in [0.1, 0.15) is 0 Å². The predicted molar refractivity (Wildman–Crippen MR) is 67.6 cm³/mol. The number of hydrogen-bond acceptors (Lipinski definition) is 4. The molecule has 1 atom stereocenters. The van der Waals surface area contributed by atoms with Crippen LogP contribution < -0.4 is 5.73 Å². The van der Waals surface area contributed by atoms with Crippen molar-refractivity contribution in [2.24, 2.45) is 5.73 Å². The summed E-state index contributed by atoms with van der Waals surface area (Å²) in [5.41, 5.74) is 5.90. The Morgan fingerprint density at radius 1 is 1.00 bits per heavy atom. The predicted octanol–water partition coefficient (Wildman–Crippen LogP) is -0.343. The molecule has 2 rings (SSSR count). The van der Waals surface area contributed by atoms with Gasteiger partial charge in [-0.2, -0.15) is 0 Å². The van der Waals surface area contributed by atoms with Crippen molar-refractivity contribution in [1.29, 1.82) is 0 Å². The lowest BCUT2D eigenvalue weighted by molar-refractivity contribution is 0.148. The van der Waals surface area contributed by atoms with Crippen LogP contribution in [0.25, 0.3) is 0 Å². The molecule has 0 bridgehead atoms. The summed E-state index contributed by atoms with van der Waals surface area (Å²) in [4.78, 5) is 7.52. The van der Waals surface area contributed by atoms with Crippen molar-refractivity contribution in [1.82, 2.24) is 14.7 Å². The Hall–Kier alpha value is -0.160. The smallest absolute Gasteiger partial charge is 0.0180 e. The van der Waals surface area contributed by atoms with E-state index >= 15 is 0 Å². The lowest BCUT2D eigenvalue weighted by Crippen LogP contribution is -2.45. The van der Waals surface area contributed by atoms with Gasteiger partial charge >= 0.3 is 0 Å². The highest BCUT2D eigenvalue weighted by atomic mass is 15.2. The monoisotopic (exact) mass is 226 g/mol. The van der Waals surface area contributed by atoms with Gasteiger partial charge in [0.15, 0.2) is 0 Å². The van der Waals surface area contributed by atoms with E-state index in [1.807, 2.05) is 0 Å². The Bertz CT molecular complexity index is 201. The van der Waals surface area contributed by atoms with Crippen molar-refractivity contribution in [2.45, 2.75) is 18.9 Å². The third-order valence-electron chi connectivity index (χ3n) is 3.85. The third-order valence-corrected chi connectivity index (χ3v) is 3.85. The second-order valence-corrected chi connectivity index (χ2v) is 5.35. The van der Waals surface area contributed by atoms with Crippen LogP contribution in [-0.2, 0) is 0 Å². The maximum absolute atomic E-state index is 5.90. The van der Waals surface area contributed by atoms with Crippen LogP contribution in [0.15, 0.2) is 0 Å². The van der Waals surface area contributed by atoms with Crippen LogP contribution >= 0.6 is 0 Å². The van der Waals surface area contributed by atoms with E-state index in [-0.39, 0.29) is 0 Å². The second kappa shape index (κ2) is 5.96. The summed E-state index contributed by atoms with van der Waals surface area (Å²) >= 11 is 0. The molecule has 0 spiro atoms. The SMILES string of the molecule is CN1CCN(CCCN2CCC(N)C2)CC1. The largest absolute Gasteiger partial charge is 0.326 e. The van der Waals surface area contributed by atoms with Gasteiger partial charge in [-0.3, -0.25) is 0 Å². The number of rotatable bonds is 4. The Kier molecular flexibility index (Phi) is 4.58. The maximum Gasteiger partial charge on any atom is 0.0180 e. The van der Waals surface area contributed by atoms with Crippen molar-refractivity contribution >= 4 is 0 Å². The average molecular weight is 226 g/mol. The lowest BCUT2D eigenvalue weighted by Gasteiger charge is -2.32. The minimum absolute atomic E-state index is 0.434. The van der Waals surface area contributed by atoms with Crippen molar-refractivity contribution < 1.29 is 0 Å². The summed E-state index contributed by atoms with van der Waals surface area (Å²) in [6, 6.07) is 0.434. The minimum atomic E-state index is 0.434. The van der Waals surface area contributed by atoms with E-state index in [1.54, 1.807) is 0 Å². The van der Waals surface area contributed by atoms with E-state index in [1.165, 1.54) is 58.7 Å². The molecule has 2 N–H and O–H groups in total. The van der Waals surface area contributed by atoms with E-state index in [9.17, 15) is 0 Å². The summed E-state index contributed by atoms with van der Waals surface area (Å²) < 4.78 is 0. The van der Waals surface area contributed by atoms with Gasteiger partial charge in [-0.25, -0.2) is 0 Å². The highest BCUT2D eigenvalue weighted by Crippen LogP contribution is 2.08. The fraction of sp³-hybridized carbons (Fsp3) is 1.00. The van der Waals surface area contributed by atoms with Crippen molar-refractivity contribution in [3.63, 3.8) is 0 Å². The molecule has 94 valence electrons. The van der Waals surface area contributed by atoms with E-state index in [2.05, 4.69) is 21.7 Å². The molecule has 2 fully saturated rings. The molecule has 0 radical (unpaired) electrons. The standard InChI is InChI=1S/C12H26N4/c1-14-7-9-15(10-8-14)4-2-5-16-6-3-12(13)11-16/h12H,2-11,13H2,1H3. The molecule has 0 aliphatic carbocycles. The van der Waals surface area contributed by atoms with E-state index in [0.29, 0.717) is 6.04 Å². The molecule has 0 aromatic heterocycles. The van der Waals surface area contributed by atoms with Crippen molar-refractivity contribution in [3.8, 4) is 0 Å². The topological polar surface area (TPSA) is 35.7 Å². The molecule has 2 aliphatic heterocycles. The molecule has 0 saturated carbocycles. The van der Waals surface area contributed by atoms with Gasteiger partial charge in [0.25, 0.3) is 0 Å². The summed E-state index contributed by atoms with van der Waals surface area (Å²) in [7, 11) is 2.21. The first-order valence-corrected chi connectivity index (χ1v) is 6.63. The highest BCUT2D eigenvalue weighted by molar-refractivity contribution is 4.78. The maximum atomic E-state index is 5.90. The Morgan fingerprint density at radius 3 is 2.31 bits per heavy atom. The summed E-state index contributed by atoms with van der Waals surface area (Å²) in [5, 5.41) is 0. The molecule has 2 aliphatic rings. The molecule has 16 heavy (non-hydrogen) atoms. The lowest BCUT2D eigenvalue weighted by atomic mass is 10.3. The van der Waals surface area contributed by atoms with Gasteiger partial charge in [0.2, 0.25) is 0 Å². The molecule has 0 aromatic rings. The molecule has 0 aromatic carbocycles. The number of likely N-dealkylation sites (tertiary alicyclic amines) is 1. The zero-order valence-corrected chi connectivity index (χ0v) is 10.6. The van der Waals surface area contributed by atoms with Crippen LogP contribution in [0.2, 0.25) is 0 Å². The normalized spacial score (nSPS) is 30.0. The van der Waals surface area contributed by atoms with Crippen molar-refractivity contribution in [2.75, 3.05) is 59.4 Å². The molecule has 2 heterocycles. The summed E-state index contributed by atoms with van der Waals surface area (Å²) in [6.45, 7) is 9.78. The van der Waals surface area contributed by atoms with Gasteiger partial charge in [0.05, 0.1) is 0 Å². The van der Waals surface area contributed by atoms with E-state index in [4.69, 9.17) is 5.73 Å². The summed E-state index contributed by atoms with van der Waals surface area (Å²) in [6.07, 6.45) is 2.49. The van der Waals surface area contributed by atoms with Crippen LogP contribution in [0, 0.1) is 0 Å². The summed E-state index contributed by atoms with van der Waals surface area (Å²) in [5.74, 6) is 0. The fourth-order valence-electron chi connectivity index (χ4n) is 2.66. The van der Waals surface area contributed by atoms with Crippen LogP contribution in [0.3, 0.4) is 0 Å². The molecule has 4 heteroatoms. The van der Waals surface area contributed by atoms with Crippen LogP contribution in [0.4, 0.5) is 0 Å². The van der Waals surface area contributed by atoms with Gasteiger partial charge in [-0.1, -0.05) is 0 Å². The number of hydrogen-bond donors (Lipinski definition) is 1. The zero-order chi connectivity index (χ0) is 11.4. The first kappa shape index (κ1) is 12.3. The van der Waals surface area contributed by atoms with Gasteiger partial charge in [-0.15, -0.1) is 0 Å². The number of nitrogens with two attached hydrogens (primary N) is 1. The zero-order valence-electron chi connectivity index (χ0n) is 10.6. The molecule has 4 nitrogen and oxygen atoms in total. The van der Waals surface area contributed by atoms with Gasteiger partial charge in [-0.05, 0) is 39.5 Å². The highest BCUT2D eigenvalue weighted by Gasteiger charge is 2.19. The number of nitrogens with zero attached hydrogens (tertiary/aromatic N) is 3. The molecule has 0 amide bonds.